The number of carbonyl (C=O) groups excluding carboxylic acids is 1. The molecule has 1 amide bonds. The number of carbonyl (C=O) groups is 1. The highest BCUT2D eigenvalue weighted by Gasteiger charge is 2.15. The molecule has 17 heavy (non-hydrogen) atoms. The van der Waals surface area contributed by atoms with E-state index in [4.69, 9.17) is 11.6 Å². The number of likely N-dealkylation sites (N-methyl/N-ethyl adjacent to an activating group) is 1. The van der Waals surface area contributed by atoms with Crippen molar-refractivity contribution in [3.63, 3.8) is 0 Å². The highest BCUT2D eigenvalue weighted by Crippen LogP contribution is 2.18. The SMILES string of the molecule is CCN[C@H](C)CNC(=O)c1c(F)cccc1Cl. The summed E-state index contributed by atoms with van der Waals surface area (Å²) in [5.41, 5.74) is -0.0992. The van der Waals surface area contributed by atoms with Crippen LogP contribution in [0, 0.1) is 5.82 Å². The summed E-state index contributed by atoms with van der Waals surface area (Å²) in [6, 6.07) is 4.31. The molecule has 1 rings (SSSR count). The van der Waals surface area contributed by atoms with E-state index in [0.29, 0.717) is 6.54 Å². The summed E-state index contributed by atoms with van der Waals surface area (Å²) < 4.78 is 13.4. The lowest BCUT2D eigenvalue weighted by atomic mass is 10.2. The van der Waals surface area contributed by atoms with Gasteiger partial charge in [-0.1, -0.05) is 24.6 Å². The van der Waals surface area contributed by atoms with Crippen molar-refractivity contribution in [3.05, 3.63) is 34.6 Å². The van der Waals surface area contributed by atoms with Crippen molar-refractivity contribution < 1.29 is 9.18 Å². The van der Waals surface area contributed by atoms with Crippen LogP contribution in [0.5, 0.6) is 0 Å². The van der Waals surface area contributed by atoms with E-state index < -0.39 is 11.7 Å². The van der Waals surface area contributed by atoms with Crippen molar-refractivity contribution in [3.8, 4) is 0 Å². The minimum atomic E-state index is -0.605. The average Bonchev–Trinajstić information content (AvgIpc) is 2.26. The van der Waals surface area contributed by atoms with Gasteiger partial charge in [-0.25, -0.2) is 4.39 Å². The maximum Gasteiger partial charge on any atom is 0.255 e. The van der Waals surface area contributed by atoms with E-state index in [1.54, 1.807) is 0 Å². The van der Waals surface area contributed by atoms with Gasteiger partial charge in [0.25, 0.3) is 5.91 Å². The molecule has 0 unspecified atom stereocenters. The summed E-state index contributed by atoms with van der Waals surface area (Å²) in [6.45, 7) is 5.16. The van der Waals surface area contributed by atoms with Crippen LogP contribution < -0.4 is 10.6 Å². The van der Waals surface area contributed by atoms with Crippen LogP contribution in [-0.4, -0.2) is 25.0 Å². The molecular formula is C12H16ClFN2O. The van der Waals surface area contributed by atoms with Gasteiger partial charge < -0.3 is 10.6 Å². The highest BCUT2D eigenvalue weighted by atomic mass is 35.5. The molecular weight excluding hydrogens is 243 g/mol. The first-order valence-corrected chi connectivity index (χ1v) is 5.89. The second-order valence-electron chi connectivity index (χ2n) is 3.77. The third-order valence-electron chi connectivity index (χ3n) is 2.31. The zero-order valence-electron chi connectivity index (χ0n) is 9.89. The summed E-state index contributed by atoms with van der Waals surface area (Å²) in [6.07, 6.45) is 0. The van der Waals surface area contributed by atoms with Crippen LogP contribution in [0.3, 0.4) is 0 Å². The van der Waals surface area contributed by atoms with Crippen molar-refractivity contribution in [2.45, 2.75) is 19.9 Å². The summed E-state index contributed by atoms with van der Waals surface area (Å²) >= 11 is 5.78. The van der Waals surface area contributed by atoms with Crippen molar-refractivity contribution in [2.75, 3.05) is 13.1 Å². The lowest BCUT2D eigenvalue weighted by molar-refractivity contribution is 0.0946. The number of nitrogens with one attached hydrogen (secondary N) is 2. The first-order chi connectivity index (χ1) is 8.06. The Balaban J connectivity index is 2.64. The van der Waals surface area contributed by atoms with Gasteiger partial charge in [-0.3, -0.25) is 4.79 Å². The molecule has 0 aliphatic rings. The van der Waals surface area contributed by atoms with Crippen molar-refractivity contribution in [2.24, 2.45) is 0 Å². The number of rotatable bonds is 5. The summed E-state index contributed by atoms with van der Waals surface area (Å²) in [5.74, 6) is -1.09. The van der Waals surface area contributed by atoms with Crippen molar-refractivity contribution >= 4 is 17.5 Å². The first-order valence-electron chi connectivity index (χ1n) is 5.51. The maximum atomic E-state index is 13.4. The van der Waals surface area contributed by atoms with E-state index in [-0.39, 0.29) is 16.6 Å². The second kappa shape index (κ2) is 6.57. The van der Waals surface area contributed by atoms with E-state index >= 15 is 0 Å². The van der Waals surface area contributed by atoms with E-state index in [0.717, 1.165) is 6.54 Å². The van der Waals surface area contributed by atoms with Gasteiger partial charge in [-0.15, -0.1) is 0 Å². The normalized spacial score (nSPS) is 12.2. The number of halogens is 2. The van der Waals surface area contributed by atoms with Gasteiger partial charge in [0.1, 0.15) is 5.82 Å². The molecule has 94 valence electrons. The first kappa shape index (κ1) is 13.9. The van der Waals surface area contributed by atoms with Crippen LogP contribution in [0.2, 0.25) is 5.02 Å². The van der Waals surface area contributed by atoms with Crippen LogP contribution in [0.15, 0.2) is 18.2 Å². The fourth-order valence-electron chi connectivity index (χ4n) is 1.47. The summed E-state index contributed by atoms with van der Waals surface area (Å²) in [7, 11) is 0. The number of amides is 1. The lowest BCUT2D eigenvalue weighted by Gasteiger charge is -2.13. The molecule has 0 saturated heterocycles. The Morgan fingerprint density at radius 2 is 2.24 bits per heavy atom. The molecule has 1 atom stereocenters. The van der Waals surface area contributed by atoms with Gasteiger partial charge in [0.2, 0.25) is 0 Å². The molecule has 2 N–H and O–H groups in total. The molecule has 0 spiro atoms. The largest absolute Gasteiger partial charge is 0.350 e. The van der Waals surface area contributed by atoms with Gasteiger partial charge >= 0.3 is 0 Å². The Morgan fingerprint density at radius 3 is 2.82 bits per heavy atom. The molecule has 0 radical (unpaired) electrons. The smallest absolute Gasteiger partial charge is 0.255 e. The lowest BCUT2D eigenvalue weighted by Crippen LogP contribution is -2.39. The Kier molecular flexibility index (Phi) is 5.38. The third kappa shape index (κ3) is 3.98. The van der Waals surface area contributed by atoms with E-state index in [1.165, 1.54) is 18.2 Å². The Hall–Kier alpha value is -1.13. The van der Waals surface area contributed by atoms with Gasteiger partial charge in [0.15, 0.2) is 0 Å². The molecule has 1 aromatic rings. The zero-order chi connectivity index (χ0) is 12.8. The predicted molar refractivity (Wildman–Crippen MR) is 66.9 cm³/mol. The maximum absolute atomic E-state index is 13.4. The number of hydrogen-bond donors (Lipinski definition) is 2. The Morgan fingerprint density at radius 1 is 1.53 bits per heavy atom. The molecule has 0 aromatic heterocycles. The van der Waals surface area contributed by atoms with E-state index in [9.17, 15) is 9.18 Å². The second-order valence-corrected chi connectivity index (χ2v) is 4.17. The molecule has 5 heteroatoms. The van der Waals surface area contributed by atoms with Crippen LogP contribution in [0.25, 0.3) is 0 Å². The van der Waals surface area contributed by atoms with Crippen LogP contribution in [-0.2, 0) is 0 Å². The van der Waals surface area contributed by atoms with Gasteiger partial charge in [0.05, 0.1) is 10.6 Å². The average molecular weight is 259 g/mol. The molecule has 0 aliphatic heterocycles. The van der Waals surface area contributed by atoms with Gasteiger partial charge in [-0.05, 0) is 25.6 Å². The minimum Gasteiger partial charge on any atom is -0.350 e. The number of benzene rings is 1. The molecule has 0 aliphatic carbocycles. The van der Waals surface area contributed by atoms with Crippen LogP contribution in [0.1, 0.15) is 24.2 Å². The molecule has 0 saturated carbocycles. The Labute approximate surface area is 105 Å². The standard InChI is InChI=1S/C12H16ClFN2O/c1-3-15-8(2)7-16-12(17)11-9(13)5-4-6-10(11)14/h4-6,8,15H,3,7H2,1-2H3,(H,16,17)/t8-/m1/s1. The van der Waals surface area contributed by atoms with Gasteiger partial charge in [0, 0.05) is 12.6 Å². The minimum absolute atomic E-state index is 0.0992. The summed E-state index contributed by atoms with van der Waals surface area (Å²) in [5, 5.41) is 5.90. The fraction of sp³-hybridized carbons (Fsp3) is 0.417. The monoisotopic (exact) mass is 258 g/mol. The van der Waals surface area contributed by atoms with Crippen LogP contribution >= 0.6 is 11.6 Å². The van der Waals surface area contributed by atoms with E-state index in [1.807, 2.05) is 13.8 Å². The molecule has 0 heterocycles. The fourth-order valence-corrected chi connectivity index (χ4v) is 1.72. The third-order valence-corrected chi connectivity index (χ3v) is 2.63. The van der Waals surface area contributed by atoms with Crippen LogP contribution in [0.4, 0.5) is 4.39 Å². The molecule has 0 fully saturated rings. The van der Waals surface area contributed by atoms with Crippen molar-refractivity contribution in [1.29, 1.82) is 0 Å². The van der Waals surface area contributed by atoms with E-state index in [2.05, 4.69) is 10.6 Å². The topological polar surface area (TPSA) is 41.1 Å². The van der Waals surface area contributed by atoms with Crippen molar-refractivity contribution in [1.82, 2.24) is 10.6 Å². The molecule has 3 nitrogen and oxygen atoms in total. The van der Waals surface area contributed by atoms with Gasteiger partial charge in [-0.2, -0.15) is 0 Å². The quantitative estimate of drug-likeness (QED) is 0.850. The number of hydrogen-bond acceptors (Lipinski definition) is 2. The summed E-state index contributed by atoms with van der Waals surface area (Å²) in [4.78, 5) is 11.7. The predicted octanol–water partition coefficient (Wildman–Crippen LogP) is 2.21. The molecule has 0 bridgehead atoms. The molecule has 1 aromatic carbocycles. The Bertz CT molecular complexity index is 378. The highest BCUT2D eigenvalue weighted by molar-refractivity contribution is 6.33. The zero-order valence-corrected chi connectivity index (χ0v) is 10.6.